The van der Waals surface area contributed by atoms with Crippen LogP contribution < -0.4 is 0 Å². The predicted molar refractivity (Wildman–Crippen MR) is 261 cm³/mol. The first-order chi connectivity index (χ1) is 30.0. The SMILES string of the molecule is CCCCCCCC/C=C\CCCCCCCCCC(=O)OC(COC(=O)CCCCCCCCC)COC(=O)CCCCCCCCCCCCCCCCCCCCC. The van der Waals surface area contributed by atoms with Crippen LogP contribution in [0.1, 0.15) is 303 Å². The molecule has 1 atom stereocenters. The Kier molecular flexibility index (Phi) is 49.3. The average molecular weight is 861 g/mol. The van der Waals surface area contributed by atoms with Gasteiger partial charge in [0.15, 0.2) is 6.10 Å². The zero-order valence-corrected chi connectivity index (χ0v) is 41.2. The highest BCUT2D eigenvalue weighted by Crippen LogP contribution is 2.17. The third-order valence-electron chi connectivity index (χ3n) is 12.3. The molecule has 0 heterocycles. The molecule has 0 aliphatic heterocycles. The zero-order chi connectivity index (χ0) is 44.4. The van der Waals surface area contributed by atoms with Gasteiger partial charge in [0.05, 0.1) is 0 Å². The Labute approximate surface area is 380 Å². The van der Waals surface area contributed by atoms with Crippen molar-refractivity contribution in [1.29, 1.82) is 0 Å². The van der Waals surface area contributed by atoms with E-state index in [-0.39, 0.29) is 31.1 Å². The van der Waals surface area contributed by atoms with Crippen molar-refractivity contribution in [1.82, 2.24) is 0 Å². The van der Waals surface area contributed by atoms with E-state index in [4.69, 9.17) is 14.2 Å². The van der Waals surface area contributed by atoms with Crippen LogP contribution in [0.25, 0.3) is 0 Å². The minimum Gasteiger partial charge on any atom is -0.462 e. The monoisotopic (exact) mass is 861 g/mol. The largest absolute Gasteiger partial charge is 0.462 e. The van der Waals surface area contributed by atoms with Gasteiger partial charge in [0.25, 0.3) is 0 Å². The summed E-state index contributed by atoms with van der Waals surface area (Å²) in [6.45, 7) is 6.63. The van der Waals surface area contributed by atoms with Gasteiger partial charge in [0, 0.05) is 19.3 Å². The van der Waals surface area contributed by atoms with Crippen LogP contribution >= 0.6 is 0 Å². The van der Waals surface area contributed by atoms with Gasteiger partial charge < -0.3 is 14.2 Å². The Morgan fingerprint density at radius 1 is 0.311 bits per heavy atom. The summed E-state index contributed by atoms with van der Waals surface area (Å²) in [4.78, 5) is 37.8. The molecule has 0 fully saturated rings. The number of carbonyl (C=O) groups is 3. The van der Waals surface area contributed by atoms with E-state index < -0.39 is 6.10 Å². The van der Waals surface area contributed by atoms with Crippen molar-refractivity contribution in [2.75, 3.05) is 13.2 Å². The van der Waals surface area contributed by atoms with E-state index in [1.54, 1.807) is 0 Å². The lowest BCUT2D eigenvalue weighted by atomic mass is 10.0. The van der Waals surface area contributed by atoms with E-state index in [2.05, 4.69) is 32.9 Å². The molecule has 0 rings (SSSR count). The molecule has 0 saturated heterocycles. The predicted octanol–water partition coefficient (Wildman–Crippen LogP) is 17.8. The summed E-state index contributed by atoms with van der Waals surface area (Å²) in [7, 11) is 0. The fraction of sp³-hybridized carbons (Fsp3) is 0.909. The second-order valence-corrected chi connectivity index (χ2v) is 18.5. The number of ether oxygens (including phenoxy) is 3. The second-order valence-electron chi connectivity index (χ2n) is 18.5. The Bertz CT molecular complexity index is 947. The molecule has 0 aromatic carbocycles. The molecule has 0 aromatic heterocycles. The van der Waals surface area contributed by atoms with E-state index in [0.717, 1.165) is 57.8 Å². The number of rotatable bonds is 50. The number of carbonyl (C=O) groups excluding carboxylic acids is 3. The lowest BCUT2D eigenvalue weighted by Crippen LogP contribution is -2.30. The normalized spacial score (nSPS) is 12.0. The average Bonchev–Trinajstić information content (AvgIpc) is 3.26. The van der Waals surface area contributed by atoms with E-state index in [1.165, 1.54) is 205 Å². The Morgan fingerprint density at radius 2 is 0.541 bits per heavy atom. The van der Waals surface area contributed by atoms with E-state index >= 15 is 0 Å². The molecule has 0 aliphatic rings. The van der Waals surface area contributed by atoms with Crippen LogP contribution in [0.5, 0.6) is 0 Å². The third-order valence-corrected chi connectivity index (χ3v) is 12.3. The molecule has 0 bridgehead atoms. The van der Waals surface area contributed by atoms with Crippen molar-refractivity contribution in [3.63, 3.8) is 0 Å². The van der Waals surface area contributed by atoms with Gasteiger partial charge >= 0.3 is 17.9 Å². The molecule has 360 valence electrons. The minimum atomic E-state index is -0.764. The van der Waals surface area contributed by atoms with Crippen molar-refractivity contribution in [3.05, 3.63) is 12.2 Å². The van der Waals surface area contributed by atoms with E-state index in [0.29, 0.717) is 19.3 Å². The summed E-state index contributed by atoms with van der Waals surface area (Å²) >= 11 is 0. The van der Waals surface area contributed by atoms with Crippen LogP contribution in [-0.2, 0) is 28.6 Å². The highest BCUT2D eigenvalue weighted by atomic mass is 16.6. The lowest BCUT2D eigenvalue weighted by molar-refractivity contribution is -0.167. The first kappa shape index (κ1) is 59.1. The Balaban J connectivity index is 4.18. The fourth-order valence-corrected chi connectivity index (χ4v) is 8.14. The summed E-state index contributed by atoms with van der Waals surface area (Å²) in [5.74, 6) is -0.860. The molecule has 0 saturated carbocycles. The topological polar surface area (TPSA) is 78.9 Å². The van der Waals surface area contributed by atoms with E-state index in [1.807, 2.05) is 0 Å². The standard InChI is InChI=1S/C55H104O6/c1-4-7-10-13-16-18-20-22-24-26-27-29-30-32-34-36-39-42-45-48-54(57)60-51-52(50-59-53(56)47-44-41-38-15-12-9-6-3)61-55(58)49-46-43-40-37-35-33-31-28-25-23-21-19-17-14-11-8-5-2/h23,25,52H,4-22,24,26-51H2,1-3H3/b25-23-. The van der Waals surface area contributed by atoms with Crippen LogP contribution in [-0.4, -0.2) is 37.2 Å². The Morgan fingerprint density at radius 3 is 0.820 bits per heavy atom. The molecule has 6 nitrogen and oxygen atoms in total. The molecule has 0 amide bonds. The molecular weight excluding hydrogens is 757 g/mol. The maximum absolute atomic E-state index is 12.8. The molecule has 0 aromatic rings. The smallest absolute Gasteiger partial charge is 0.306 e. The first-order valence-electron chi connectivity index (χ1n) is 27.2. The lowest BCUT2D eigenvalue weighted by Gasteiger charge is -2.18. The van der Waals surface area contributed by atoms with Gasteiger partial charge in [-0.05, 0) is 44.9 Å². The number of allylic oxidation sites excluding steroid dienone is 2. The Hall–Kier alpha value is -1.85. The number of hydrogen-bond acceptors (Lipinski definition) is 6. The molecule has 61 heavy (non-hydrogen) atoms. The van der Waals surface area contributed by atoms with Crippen molar-refractivity contribution in [2.24, 2.45) is 0 Å². The molecule has 0 radical (unpaired) electrons. The summed E-state index contributed by atoms with van der Waals surface area (Å²) in [6, 6.07) is 0. The summed E-state index contributed by atoms with van der Waals surface area (Å²) in [5, 5.41) is 0. The number of esters is 3. The van der Waals surface area contributed by atoms with E-state index in [9.17, 15) is 14.4 Å². The molecular formula is C55H104O6. The zero-order valence-electron chi connectivity index (χ0n) is 41.2. The van der Waals surface area contributed by atoms with Crippen molar-refractivity contribution in [3.8, 4) is 0 Å². The van der Waals surface area contributed by atoms with Crippen molar-refractivity contribution < 1.29 is 28.6 Å². The summed E-state index contributed by atoms with van der Waals surface area (Å²) in [5.41, 5.74) is 0. The van der Waals surface area contributed by atoms with Gasteiger partial charge in [-0.2, -0.15) is 0 Å². The molecule has 1 unspecified atom stereocenters. The highest BCUT2D eigenvalue weighted by molar-refractivity contribution is 5.71. The van der Waals surface area contributed by atoms with Crippen LogP contribution in [0.4, 0.5) is 0 Å². The maximum Gasteiger partial charge on any atom is 0.306 e. The highest BCUT2D eigenvalue weighted by Gasteiger charge is 2.19. The molecule has 0 spiro atoms. The first-order valence-corrected chi connectivity index (χ1v) is 27.2. The van der Waals surface area contributed by atoms with Crippen LogP contribution in [0.2, 0.25) is 0 Å². The van der Waals surface area contributed by atoms with Crippen LogP contribution in [0.15, 0.2) is 12.2 Å². The van der Waals surface area contributed by atoms with Gasteiger partial charge in [-0.3, -0.25) is 14.4 Å². The summed E-state index contributed by atoms with van der Waals surface area (Å²) in [6.07, 6.45) is 56.5. The second kappa shape index (κ2) is 50.8. The molecule has 0 aliphatic carbocycles. The maximum atomic E-state index is 12.8. The number of hydrogen-bond donors (Lipinski definition) is 0. The molecule has 0 N–H and O–H groups in total. The minimum absolute atomic E-state index is 0.0668. The van der Waals surface area contributed by atoms with Gasteiger partial charge in [-0.25, -0.2) is 0 Å². The molecule has 6 heteroatoms. The quantitative estimate of drug-likeness (QED) is 0.0262. The number of unbranched alkanes of at least 4 members (excludes halogenated alkanes) is 37. The van der Waals surface area contributed by atoms with Crippen LogP contribution in [0, 0.1) is 0 Å². The van der Waals surface area contributed by atoms with Gasteiger partial charge in [-0.1, -0.05) is 251 Å². The summed E-state index contributed by atoms with van der Waals surface area (Å²) < 4.78 is 16.8. The fourth-order valence-electron chi connectivity index (χ4n) is 8.14. The van der Waals surface area contributed by atoms with Crippen molar-refractivity contribution in [2.45, 2.75) is 309 Å². The van der Waals surface area contributed by atoms with Gasteiger partial charge in [0.2, 0.25) is 0 Å². The van der Waals surface area contributed by atoms with Crippen LogP contribution in [0.3, 0.4) is 0 Å². The third kappa shape index (κ3) is 49.0. The van der Waals surface area contributed by atoms with Gasteiger partial charge in [0.1, 0.15) is 13.2 Å². The van der Waals surface area contributed by atoms with Crippen molar-refractivity contribution >= 4 is 17.9 Å². The van der Waals surface area contributed by atoms with Gasteiger partial charge in [-0.15, -0.1) is 0 Å².